The number of aromatic nitrogens is 2. The SMILES string of the molecule is COC(=O)[C@@H](Nc1nc(CN2CCN(C(=O)Nc3ccc(Cl)cc3)CC2)nc2ccccc12)C(C)C. The van der Waals surface area contributed by atoms with Crippen molar-refractivity contribution in [2.24, 2.45) is 5.92 Å². The maximum absolute atomic E-state index is 12.6. The van der Waals surface area contributed by atoms with Gasteiger partial charge in [0.2, 0.25) is 0 Å². The van der Waals surface area contributed by atoms with Gasteiger partial charge in [-0.3, -0.25) is 4.90 Å². The Balaban J connectivity index is 1.43. The molecule has 0 bridgehead atoms. The van der Waals surface area contributed by atoms with Gasteiger partial charge in [-0.2, -0.15) is 0 Å². The summed E-state index contributed by atoms with van der Waals surface area (Å²) in [6, 6.07) is 14.1. The minimum Gasteiger partial charge on any atom is -0.467 e. The summed E-state index contributed by atoms with van der Waals surface area (Å²) < 4.78 is 4.99. The van der Waals surface area contributed by atoms with Gasteiger partial charge < -0.3 is 20.3 Å². The standard InChI is InChI=1S/C26H31ClN6O3/c1-17(2)23(25(34)36-3)31-24-20-6-4-5-7-21(20)29-22(30-24)16-32-12-14-33(15-13-32)26(35)28-19-10-8-18(27)9-11-19/h4-11,17,23H,12-16H2,1-3H3,(H,28,35)(H,29,30,31)/t23-/m0/s1. The Morgan fingerprint density at radius 1 is 1.03 bits per heavy atom. The molecule has 0 spiro atoms. The van der Waals surface area contributed by atoms with Crippen LogP contribution in [0.25, 0.3) is 10.9 Å². The molecule has 2 heterocycles. The average molecular weight is 511 g/mol. The van der Waals surface area contributed by atoms with E-state index < -0.39 is 6.04 Å². The zero-order chi connectivity index (χ0) is 25.7. The van der Waals surface area contributed by atoms with Crippen LogP contribution >= 0.6 is 11.6 Å². The molecular formula is C26H31ClN6O3. The Labute approximate surface area is 215 Å². The van der Waals surface area contributed by atoms with Gasteiger partial charge in [0, 0.05) is 42.3 Å². The number of carbonyl (C=O) groups is 2. The van der Waals surface area contributed by atoms with Gasteiger partial charge in [0.1, 0.15) is 17.7 Å². The van der Waals surface area contributed by atoms with Crippen molar-refractivity contribution < 1.29 is 14.3 Å². The molecule has 1 fully saturated rings. The number of piperazine rings is 1. The van der Waals surface area contributed by atoms with Gasteiger partial charge in [0.15, 0.2) is 0 Å². The van der Waals surface area contributed by atoms with Crippen molar-refractivity contribution >= 4 is 46.0 Å². The zero-order valence-electron chi connectivity index (χ0n) is 20.7. The number of benzene rings is 2. The van der Waals surface area contributed by atoms with Crippen LogP contribution in [0, 0.1) is 5.92 Å². The van der Waals surface area contributed by atoms with E-state index in [0.29, 0.717) is 55.1 Å². The third-order valence-electron chi connectivity index (χ3n) is 6.18. The predicted molar refractivity (Wildman–Crippen MR) is 141 cm³/mol. The summed E-state index contributed by atoms with van der Waals surface area (Å²) in [5.41, 5.74) is 1.52. The lowest BCUT2D eigenvalue weighted by Gasteiger charge is -2.34. The Morgan fingerprint density at radius 2 is 1.72 bits per heavy atom. The van der Waals surface area contributed by atoms with Crippen LogP contribution in [0.3, 0.4) is 0 Å². The number of fused-ring (bicyclic) bond motifs is 1. The number of halogens is 1. The first-order chi connectivity index (χ1) is 17.3. The van der Waals surface area contributed by atoms with E-state index in [9.17, 15) is 9.59 Å². The van der Waals surface area contributed by atoms with Crippen LogP contribution in [0.15, 0.2) is 48.5 Å². The lowest BCUT2D eigenvalue weighted by atomic mass is 10.0. The monoisotopic (exact) mass is 510 g/mol. The normalized spacial score (nSPS) is 15.1. The van der Waals surface area contributed by atoms with E-state index in [1.807, 2.05) is 38.1 Å². The molecule has 9 nitrogen and oxygen atoms in total. The van der Waals surface area contributed by atoms with E-state index >= 15 is 0 Å². The zero-order valence-corrected chi connectivity index (χ0v) is 21.5. The first-order valence-corrected chi connectivity index (χ1v) is 12.4. The number of hydrogen-bond acceptors (Lipinski definition) is 7. The number of amides is 2. The van der Waals surface area contributed by atoms with Crippen LogP contribution in [0.4, 0.5) is 16.3 Å². The molecule has 3 aromatic rings. The smallest absolute Gasteiger partial charge is 0.328 e. The van der Waals surface area contributed by atoms with Crippen molar-refractivity contribution in [3.63, 3.8) is 0 Å². The molecule has 0 aliphatic carbocycles. The number of ether oxygens (including phenoxy) is 1. The Hall–Kier alpha value is -3.43. The van der Waals surface area contributed by atoms with Crippen molar-refractivity contribution in [1.29, 1.82) is 0 Å². The third kappa shape index (κ3) is 6.22. The lowest BCUT2D eigenvalue weighted by Crippen LogP contribution is -2.49. The van der Waals surface area contributed by atoms with E-state index in [1.165, 1.54) is 7.11 Å². The van der Waals surface area contributed by atoms with Gasteiger partial charge in [-0.25, -0.2) is 19.6 Å². The molecule has 1 aliphatic rings. The highest BCUT2D eigenvalue weighted by Crippen LogP contribution is 2.23. The fourth-order valence-corrected chi connectivity index (χ4v) is 4.25. The van der Waals surface area contributed by atoms with Crippen LogP contribution in [-0.2, 0) is 16.1 Å². The number of rotatable bonds is 7. The van der Waals surface area contributed by atoms with Crippen LogP contribution < -0.4 is 10.6 Å². The van der Waals surface area contributed by atoms with Gasteiger partial charge in [-0.15, -0.1) is 0 Å². The first kappa shape index (κ1) is 25.7. The second-order valence-corrected chi connectivity index (χ2v) is 9.53. The molecule has 1 aromatic heterocycles. The molecule has 4 rings (SSSR count). The number of anilines is 2. The van der Waals surface area contributed by atoms with Gasteiger partial charge in [-0.05, 0) is 42.3 Å². The number of nitrogens with one attached hydrogen (secondary N) is 2. The topological polar surface area (TPSA) is 99.7 Å². The summed E-state index contributed by atoms with van der Waals surface area (Å²) in [5, 5.41) is 7.67. The molecule has 1 aliphatic heterocycles. The minimum atomic E-state index is -0.524. The molecule has 0 radical (unpaired) electrons. The van der Waals surface area contributed by atoms with Crippen molar-refractivity contribution in [2.75, 3.05) is 43.9 Å². The lowest BCUT2D eigenvalue weighted by molar-refractivity contribution is -0.142. The summed E-state index contributed by atoms with van der Waals surface area (Å²) >= 11 is 5.92. The van der Waals surface area contributed by atoms with Gasteiger partial charge >= 0.3 is 12.0 Å². The number of methoxy groups -OCH3 is 1. The summed E-state index contributed by atoms with van der Waals surface area (Å²) in [6.07, 6.45) is 0. The number of carbonyl (C=O) groups excluding carboxylic acids is 2. The van der Waals surface area contributed by atoms with Gasteiger partial charge in [0.25, 0.3) is 0 Å². The van der Waals surface area contributed by atoms with Crippen molar-refractivity contribution in [2.45, 2.75) is 26.4 Å². The highest BCUT2D eigenvalue weighted by Gasteiger charge is 2.25. The highest BCUT2D eigenvalue weighted by atomic mass is 35.5. The molecule has 2 amide bonds. The van der Waals surface area contributed by atoms with E-state index in [0.717, 1.165) is 10.9 Å². The molecule has 2 N–H and O–H groups in total. The number of esters is 1. The fraction of sp³-hybridized carbons (Fsp3) is 0.385. The second-order valence-electron chi connectivity index (χ2n) is 9.10. The Bertz CT molecular complexity index is 1210. The number of hydrogen-bond donors (Lipinski definition) is 2. The maximum Gasteiger partial charge on any atom is 0.328 e. The third-order valence-corrected chi connectivity index (χ3v) is 6.44. The molecule has 36 heavy (non-hydrogen) atoms. The molecule has 0 saturated carbocycles. The molecule has 1 saturated heterocycles. The molecule has 0 unspecified atom stereocenters. The largest absolute Gasteiger partial charge is 0.467 e. The van der Waals surface area contributed by atoms with Crippen molar-refractivity contribution in [3.05, 3.63) is 59.4 Å². The predicted octanol–water partition coefficient (Wildman–Crippen LogP) is 4.24. The fourth-order valence-electron chi connectivity index (χ4n) is 4.12. The Morgan fingerprint density at radius 3 is 2.39 bits per heavy atom. The first-order valence-electron chi connectivity index (χ1n) is 12.0. The van der Waals surface area contributed by atoms with Crippen LogP contribution in [0.1, 0.15) is 19.7 Å². The van der Waals surface area contributed by atoms with Crippen LogP contribution in [0.5, 0.6) is 0 Å². The molecule has 10 heteroatoms. The summed E-state index contributed by atoms with van der Waals surface area (Å²) in [4.78, 5) is 38.5. The van der Waals surface area contributed by atoms with E-state index in [4.69, 9.17) is 26.3 Å². The van der Waals surface area contributed by atoms with Crippen LogP contribution in [0.2, 0.25) is 5.02 Å². The molecule has 190 valence electrons. The molecule has 2 aromatic carbocycles. The second kappa shape index (κ2) is 11.5. The van der Waals surface area contributed by atoms with Crippen LogP contribution in [-0.4, -0.2) is 71.1 Å². The summed E-state index contributed by atoms with van der Waals surface area (Å²) in [6.45, 7) is 7.04. The Kier molecular flexibility index (Phi) is 8.22. The minimum absolute atomic E-state index is 0.0155. The highest BCUT2D eigenvalue weighted by molar-refractivity contribution is 6.30. The van der Waals surface area contributed by atoms with E-state index in [-0.39, 0.29) is 17.9 Å². The molecular weight excluding hydrogens is 480 g/mol. The number of urea groups is 1. The van der Waals surface area contributed by atoms with Gasteiger partial charge in [-0.1, -0.05) is 37.6 Å². The number of para-hydroxylation sites is 1. The van der Waals surface area contributed by atoms with E-state index in [2.05, 4.69) is 15.5 Å². The number of nitrogens with zero attached hydrogens (tertiary/aromatic N) is 4. The quantitative estimate of drug-likeness (QED) is 0.458. The van der Waals surface area contributed by atoms with Crippen molar-refractivity contribution in [3.8, 4) is 0 Å². The van der Waals surface area contributed by atoms with E-state index in [1.54, 1.807) is 29.2 Å². The summed E-state index contributed by atoms with van der Waals surface area (Å²) in [7, 11) is 1.39. The maximum atomic E-state index is 12.6. The average Bonchev–Trinajstić information content (AvgIpc) is 2.88. The summed E-state index contributed by atoms with van der Waals surface area (Å²) in [5.74, 6) is 0.951. The van der Waals surface area contributed by atoms with Crippen molar-refractivity contribution in [1.82, 2.24) is 19.8 Å². The molecule has 1 atom stereocenters. The van der Waals surface area contributed by atoms with Gasteiger partial charge in [0.05, 0.1) is 19.2 Å².